The van der Waals surface area contributed by atoms with E-state index in [4.69, 9.17) is 0 Å². The van der Waals surface area contributed by atoms with E-state index in [0.717, 1.165) is 0 Å². The minimum absolute atomic E-state index is 0.369. The van der Waals surface area contributed by atoms with Crippen LogP contribution in [0.1, 0.15) is 0 Å². The number of rotatable bonds is 10. The van der Waals surface area contributed by atoms with E-state index in [-0.39, 0.29) is 0 Å². The lowest BCUT2D eigenvalue weighted by molar-refractivity contribution is -0.542. The molecule has 0 rings (SSSR count). The van der Waals surface area contributed by atoms with Crippen LogP contribution in [-0.4, -0.2) is 83.8 Å². The molecule has 2 atom stereocenters. The van der Waals surface area contributed by atoms with Gasteiger partial charge in [-0.25, -0.2) is 13.5 Å². The third-order valence-corrected chi connectivity index (χ3v) is 5.00. The lowest BCUT2D eigenvalue weighted by Crippen LogP contribution is -2.81. The van der Waals surface area contributed by atoms with Gasteiger partial charge < -0.3 is 0 Å². The van der Waals surface area contributed by atoms with Crippen molar-refractivity contribution in [1.29, 1.82) is 0 Å². The number of alkyl halides is 30. The zero-order valence-electron chi connectivity index (χ0n) is 18.7. The fraction of sp³-hybridized carbons (Fsp3) is 1.00. The van der Waals surface area contributed by atoms with Gasteiger partial charge in [-0.05, 0) is 0 Å². The summed E-state index contributed by atoms with van der Waals surface area (Å²) in [7, 11) is 0. The van der Waals surface area contributed by atoms with E-state index in [1.807, 2.05) is 0 Å². The first-order valence-corrected chi connectivity index (χ1v) is 9.08. The highest BCUT2D eigenvalue weighted by molar-refractivity contribution is 5.21. The Kier molecular flexibility index (Phi) is 9.69. The Labute approximate surface area is 222 Å². The molecule has 0 aromatic rings. The van der Waals surface area contributed by atoms with E-state index in [0.29, 0.717) is 4.74 Å². The second kappa shape index (κ2) is 10.2. The SMILES string of the molecule is FC(F)(F)C(F)(F)C(F)(F)C(F)(C(F)(F)OC(F)(F)C(F)(C(F)(F)C(F)(F)F)C(F)(F)C(F)(F)C(F)(F)F)C(F)(F)C(F)(F)F. The number of hydrogen-bond acceptors (Lipinski definition) is 1. The first-order chi connectivity index (χ1) is 18.7. The van der Waals surface area contributed by atoms with Gasteiger partial charge in [-0.2, -0.15) is 123 Å². The van der Waals surface area contributed by atoms with Gasteiger partial charge in [0.05, 0.1) is 0 Å². The molecule has 272 valence electrons. The van der Waals surface area contributed by atoms with Crippen LogP contribution >= 0.6 is 0 Å². The predicted molar refractivity (Wildman–Crippen MR) is 72.6 cm³/mol. The molecule has 0 aromatic heterocycles. The maximum absolute atomic E-state index is 14.4. The normalized spacial score (nSPS) is 19.3. The van der Waals surface area contributed by atoms with Gasteiger partial charge >= 0.3 is 83.8 Å². The monoisotopic (exact) mass is 754 g/mol. The van der Waals surface area contributed by atoms with Crippen molar-refractivity contribution in [2.75, 3.05) is 0 Å². The lowest BCUT2D eigenvalue weighted by Gasteiger charge is -2.48. The first-order valence-electron chi connectivity index (χ1n) is 9.08. The van der Waals surface area contributed by atoms with Gasteiger partial charge in [0.25, 0.3) is 0 Å². The minimum atomic E-state index is -10.2. The van der Waals surface area contributed by atoms with Crippen molar-refractivity contribution in [3.63, 3.8) is 0 Å². The molecule has 0 aliphatic carbocycles. The second-order valence-electron chi connectivity index (χ2n) is 7.89. The van der Waals surface area contributed by atoms with Crippen molar-refractivity contribution < 1.29 is 136 Å². The molecule has 0 spiro atoms. The van der Waals surface area contributed by atoms with Gasteiger partial charge in [0.2, 0.25) is 0 Å². The topological polar surface area (TPSA) is 9.23 Å². The summed E-state index contributed by atoms with van der Waals surface area (Å²) in [4.78, 5) is 0. The summed E-state index contributed by atoms with van der Waals surface area (Å²) in [5.74, 6) is -57.4. The molecule has 0 saturated heterocycles. The standard InChI is InChI=1S/C14F30O/c15-1(5(21,22)9(29,30)31,3(17,18)7(25,26)11(35,36)37)13(41,42)45-14(43,44)2(16,6(23,24)10(32,33)34)4(19,20)8(27,28)12(38,39)40. The molecule has 31 heteroatoms. The van der Waals surface area contributed by atoms with Crippen LogP contribution in [-0.2, 0) is 4.74 Å². The Hall–Kier alpha value is -2.14. The summed E-state index contributed by atoms with van der Waals surface area (Å²) >= 11 is 0. The van der Waals surface area contributed by atoms with Crippen LogP contribution in [0, 0.1) is 0 Å². The van der Waals surface area contributed by atoms with Crippen molar-refractivity contribution in [2.45, 2.75) is 83.8 Å². The van der Waals surface area contributed by atoms with E-state index >= 15 is 0 Å². The predicted octanol–water partition coefficient (Wildman–Crippen LogP) is 9.67. The Morgan fingerprint density at radius 1 is 0.200 bits per heavy atom. The molecule has 1 nitrogen and oxygen atoms in total. The highest BCUT2D eigenvalue weighted by Crippen LogP contribution is 2.69. The van der Waals surface area contributed by atoms with E-state index in [2.05, 4.69) is 0 Å². The smallest absolute Gasteiger partial charge is 0.249 e. The molecule has 45 heavy (non-hydrogen) atoms. The zero-order chi connectivity index (χ0) is 37.7. The van der Waals surface area contributed by atoms with Crippen molar-refractivity contribution in [3.8, 4) is 0 Å². The van der Waals surface area contributed by atoms with Crippen molar-refractivity contribution in [3.05, 3.63) is 0 Å². The van der Waals surface area contributed by atoms with E-state index < -0.39 is 83.8 Å². The third kappa shape index (κ3) is 5.32. The van der Waals surface area contributed by atoms with E-state index in [1.54, 1.807) is 0 Å². The Morgan fingerprint density at radius 3 is 0.489 bits per heavy atom. The Bertz CT molecular complexity index is 982. The van der Waals surface area contributed by atoms with Crippen LogP contribution < -0.4 is 0 Å². The quantitative estimate of drug-likeness (QED) is 0.202. The summed E-state index contributed by atoms with van der Waals surface area (Å²) in [5, 5.41) is 0. The van der Waals surface area contributed by atoms with Crippen molar-refractivity contribution in [1.82, 2.24) is 0 Å². The van der Waals surface area contributed by atoms with Crippen LogP contribution in [0.4, 0.5) is 132 Å². The summed E-state index contributed by atoms with van der Waals surface area (Å²) in [6, 6.07) is 0. The number of halogens is 30. The molecule has 0 aliphatic rings. The van der Waals surface area contributed by atoms with Crippen molar-refractivity contribution in [2.24, 2.45) is 0 Å². The molecule has 0 aliphatic heterocycles. The van der Waals surface area contributed by atoms with Gasteiger partial charge in [-0.1, -0.05) is 0 Å². The Morgan fingerprint density at radius 2 is 0.356 bits per heavy atom. The maximum atomic E-state index is 14.4. The molecule has 0 bridgehead atoms. The molecular formula is C14F30O. The molecule has 0 N–H and O–H groups in total. The molecule has 2 unspecified atom stereocenters. The fourth-order valence-corrected chi connectivity index (χ4v) is 2.61. The maximum Gasteiger partial charge on any atom is 0.460 e. The molecule has 0 fully saturated rings. The van der Waals surface area contributed by atoms with Gasteiger partial charge in [-0.15, -0.1) is 0 Å². The molecule has 0 saturated carbocycles. The largest absolute Gasteiger partial charge is 0.460 e. The number of hydrogen-bond donors (Lipinski definition) is 0. The summed E-state index contributed by atoms with van der Waals surface area (Å²) in [5.41, 5.74) is -20.3. The highest BCUT2D eigenvalue weighted by atomic mass is 19.5. The Balaban J connectivity index is 8.36. The zero-order valence-corrected chi connectivity index (χ0v) is 18.7. The second-order valence-corrected chi connectivity index (χ2v) is 7.89. The molecule has 0 amide bonds. The van der Waals surface area contributed by atoms with Gasteiger partial charge in [0.15, 0.2) is 0 Å². The highest BCUT2D eigenvalue weighted by Gasteiger charge is 3.01. The van der Waals surface area contributed by atoms with Gasteiger partial charge in [0, 0.05) is 0 Å². The molecular weight excluding hydrogens is 754 g/mol. The molecule has 0 aromatic carbocycles. The summed E-state index contributed by atoms with van der Waals surface area (Å²) < 4.78 is 394. The first kappa shape index (κ1) is 42.9. The third-order valence-electron chi connectivity index (χ3n) is 5.00. The minimum Gasteiger partial charge on any atom is -0.249 e. The molecule has 0 radical (unpaired) electrons. The fourth-order valence-electron chi connectivity index (χ4n) is 2.61. The van der Waals surface area contributed by atoms with E-state index in [9.17, 15) is 132 Å². The van der Waals surface area contributed by atoms with Crippen LogP contribution in [0.25, 0.3) is 0 Å². The van der Waals surface area contributed by atoms with Gasteiger partial charge in [0.1, 0.15) is 0 Å². The summed E-state index contributed by atoms with van der Waals surface area (Å²) in [6.07, 6.45) is -54.9. The lowest BCUT2D eigenvalue weighted by atomic mass is 9.82. The number of ether oxygens (including phenoxy) is 1. The van der Waals surface area contributed by atoms with Crippen LogP contribution in [0.3, 0.4) is 0 Å². The van der Waals surface area contributed by atoms with E-state index in [1.165, 1.54) is 0 Å². The summed E-state index contributed by atoms with van der Waals surface area (Å²) in [6.45, 7) is 0. The van der Waals surface area contributed by atoms with Gasteiger partial charge in [-0.3, -0.25) is 0 Å². The average molecular weight is 754 g/mol. The van der Waals surface area contributed by atoms with Crippen LogP contribution in [0.2, 0.25) is 0 Å². The molecule has 0 heterocycles. The van der Waals surface area contributed by atoms with Crippen LogP contribution in [0.5, 0.6) is 0 Å². The average Bonchev–Trinajstić information content (AvgIpc) is 2.72. The van der Waals surface area contributed by atoms with Crippen molar-refractivity contribution >= 4 is 0 Å². The van der Waals surface area contributed by atoms with Crippen LogP contribution in [0.15, 0.2) is 0 Å².